The molecule has 5 heteroatoms. The van der Waals surface area contributed by atoms with E-state index in [-0.39, 0.29) is 11.0 Å². The third kappa shape index (κ3) is 4.93. The van der Waals surface area contributed by atoms with Crippen LogP contribution in [-0.2, 0) is 14.3 Å². The van der Waals surface area contributed by atoms with E-state index in [1.165, 1.54) is 0 Å². The summed E-state index contributed by atoms with van der Waals surface area (Å²) in [5.41, 5.74) is 1.02. The van der Waals surface area contributed by atoms with Crippen molar-refractivity contribution < 1.29 is 12.6 Å². The van der Waals surface area contributed by atoms with E-state index in [4.69, 9.17) is 4.18 Å². The van der Waals surface area contributed by atoms with Gasteiger partial charge in [0.15, 0.2) is 0 Å². The van der Waals surface area contributed by atoms with Gasteiger partial charge in [-0.1, -0.05) is 31.5 Å². The number of aryl methyl sites for hydroxylation is 1. The van der Waals surface area contributed by atoms with Gasteiger partial charge in [-0.25, -0.2) is 0 Å². The molecule has 0 aliphatic heterocycles. The third-order valence-electron chi connectivity index (χ3n) is 3.01. The zero-order valence-electron chi connectivity index (χ0n) is 12.1. The van der Waals surface area contributed by atoms with Crippen LogP contribution in [0.15, 0.2) is 29.2 Å². The molecule has 4 nitrogen and oxygen atoms in total. The van der Waals surface area contributed by atoms with E-state index in [9.17, 15) is 8.42 Å². The first-order chi connectivity index (χ1) is 8.89. The van der Waals surface area contributed by atoms with Crippen LogP contribution in [0.2, 0.25) is 0 Å². The Labute approximate surface area is 116 Å². The molecule has 0 amide bonds. The van der Waals surface area contributed by atoms with Crippen molar-refractivity contribution in [2.24, 2.45) is 0 Å². The van der Waals surface area contributed by atoms with Gasteiger partial charge in [0, 0.05) is 6.54 Å². The Morgan fingerprint density at radius 1 is 1.16 bits per heavy atom. The van der Waals surface area contributed by atoms with Crippen molar-refractivity contribution in [1.82, 2.24) is 4.90 Å². The van der Waals surface area contributed by atoms with Crippen LogP contribution in [0.4, 0.5) is 0 Å². The summed E-state index contributed by atoms with van der Waals surface area (Å²) in [7, 11) is -3.67. The second-order valence-electron chi connectivity index (χ2n) is 4.66. The summed E-state index contributed by atoms with van der Waals surface area (Å²) in [6, 6.07) is 6.69. The number of hydrogen-bond donors (Lipinski definition) is 0. The lowest BCUT2D eigenvalue weighted by Crippen LogP contribution is -2.33. The Bertz CT molecular complexity index is 478. The van der Waals surface area contributed by atoms with Gasteiger partial charge in [-0.3, -0.25) is 4.18 Å². The minimum Gasteiger partial charge on any atom is -0.301 e. The van der Waals surface area contributed by atoms with Gasteiger partial charge in [0.1, 0.15) is 0 Å². The van der Waals surface area contributed by atoms with Crippen molar-refractivity contribution in [3.8, 4) is 0 Å². The third-order valence-corrected chi connectivity index (χ3v) is 4.44. The van der Waals surface area contributed by atoms with E-state index in [0.717, 1.165) is 18.7 Å². The lowest BCUT2D eigenvalue weighted by atomic mass is 10.2. The van der Waals surface area contributed by atoms with E-state index in [1.807, 2.05) is 20.8 Å². The molecule has 0 aromatic heterocycles. The maximum Gasteiger partial charge on any atom is 0.297 e. The molecule has 19 heavy (non-hydrogen) atoms. The van der Waals surface area contributed by atoms with Gasteiger partial charge in [0.25, 0.3) is 10.1 Å². The Morgan fingerprint density at radius 2 is 1.68 bits per heavy atom. The molecule has 0 saturated heterocycles. The van der Waals surface area contributed by atoms with Gasteiger partial charge >= 0.3 is 0 Å². The van der Waals surface area contributed by atoms with Gasteiger partial charge in [-0.05, 0) is 39.1 Å². The fourth-order valence-corrected chi connectivity index (χ4v) is 2.93. The highest BCUT2D eigenvalue weighted by atomic mass is 32.2. The molecule has 0 aliphatic carbocycles. The zero-order valence-corrected chi connectivity index (χ0v) is 12.9. The predicted molar refractivity (Wildman–Crippen MR) is 76.7 cm³/mol. The maximum atomic E-state index is 12.1. The zero-order chi connectivity index (χ0) is 14.5. The molecule has 0 spiro atoms. The molecule has 0 bridgehead atoms. The largest absolute Gasteiger partial charge is 0.301 e. The van der Waals surface area contributed by atoms with Crippen LogP contribution in [0.25, 0.3) is 0 Å². The molecule has 1 rings (SSSR count). The summed E-state index contributed by atoms with van der Waals surface area (Å²) in [6.45, 7) is 10.2. The molecule has 108 valence electrons. The molecule has 1 atom stereocenters. The quantitative estimate of drug-likeness (QED) is 0.722. The summed E-state index contributed by atoms with van der Waals surface area (Å²) in [4.78, 5) is 2.35. The minimum absolute atomic E-state index is 0.212. The van der Waals surface area contributed by atoms with Crippen LogP contribution in [0.5, 0.6) is 0 Å². The molecule has 0 aliphatic rings. The summed E-state index contributed by atoms with van der Waals surface area (Å²) < 4.78 is 29.4. The summed E-state index contributed by atoms with van der Waals surface area (Å²) in [5.74, 6) is 0. The highest BCUT2D eigenvalue weighted by Crippen LogP contribution is 2.15. The summed E-state index contributed by atoms with van der Waals surface area (Å²) in [5, 5.41) is 0. The number of nitrogens with zero attached hydrogens (tertiary/aromatic N) is 1. The van der Waals surface area contributed by atoms with Crippen LogP contribution in [0.1, 0.15) is 26.3 Å². The van der Waals surface area contributed by atoms with Crippen LogP contribution in [-0.4, -0.2) is 39.1 Å². The maximum absolute atomic E-state index is 12.1. The number of hydrogen-bond acceptors (Lipinski definition) is 4. The Hall–Kier alpha value is -0.910. The van der Waals surface area contributed by atoms with Crippen molar-refractivity contribution in [3.05, 3.63) is 29.8 Å². The highest BCUT2D eigenvalue weighted by Gasteiger charge is 2.19. The molecular weight excluding hydrogens is 262 g/mol. The van der Waals surface area contributed by atoms with Crippen molar-refractivity contribution in [2.45, 2.75) is 38.7 Å². The van der Waals surface area contributed by atoms with E-state index in [2.05, 4.69) is 4.90 Å². The average Bonchev–Trinajstić information content (AvgIpc) is 2.35. The van der Waals surface area contributed by atoms with E-state index < -0.39 is 10.1 Å². The van der Waals surface area contributed by atoms with Crippen molar-refractivity contribution in [2.75, 3.05) is 19.6 Å². The SMILES string of the molecule is CCN(CC)CC(C)OS(=O)(=O)c1ccc(C)cc1. The summed E-state index contributed by atoms with van der Waals surface area (Å²) >= 11 is 0. The molecule has 1 aromatic rings. The normalized spacial score (nSPS) is 13.7. The van der Waals surface area contributed by atoms with Gasteiger partial charge < -0.3 is 4.90 Å². The van der Waals surface area contributed by atoms with Crippen LogP contribution in [0, 0.1) is 6.92 Å². The van der Waals surface area contributed by atoms with Crippen molar-refractivity contribution in [1.29, 1.82) is 0 Å². The number of likely N-dealkylation sites (N-methyl/N-ethyl adjacent to an activating group) is 1. The first kappa shape index (κ1) is 16.1. The molecule has 1 unspecified atom stereocenters. The van der Waals surface area contributed by atoms with E-state index >= 15 is 0 Å². The topological polar surface area (TPSA) is 46.6 Å². The molecule has 0 N–H and O–H groups in total. The number of rotatable bonds is 7. The fraction of sp³-hybridized carbons (Fsp3) is 0.571. The Kier molecular flexibility index (Phi) is 5.97. The Balaban J connectivity index is 2.71. The molecule has 0 saturated carbocycles. The van der Waals surface area contributed by atoms with Crippen LogP contribution >= 0.6 is 0 Å². The van der Waals surface area contributed by atoms with E-state index in [1.54, 1.807) is 31.2 Å². The van der Waals surface area contributed by atoms with Gasteiger partial charge in [0.2, 0.25) is 0 Å². The molecule has 0 fully saturated rings. The molecule has 0 heterocycles. The minimum atomic E-state index is -3.67. The smallest absolute Gasteiger partial charge is 0.297 e. The van der Waals surface area contributed by atoms with Crippen molar-refractivity contribution in [3.63, 3.8) is 0 Å². The van der Waals surface area contributed by atoms with Gasteiger partial charge in [-0.15, -0.1) is 0 Å². The predicted octanol–water partition coefficient (Wildman–Crippen LogP) is 2.43. The van der Waals surface area contributed by atoms with Crippen molar-refractivity contribution >= 4 is 10.1 Å². The standard InChI is InChI=1S/C14H23NO3S/c1-5-15(6-2)11-13(4)18-19(16,17)14-9-7-12(3)8-10-14/h7-10,13H,5-6,11H2,1-4H3. The number of benzene rings is 1. The molecular formula is C14H23NO3S. The van der Waals surface area contributed by atoms with E-state index in [0.29, 0.717) is 6.54 Å². The highest BCUT2D eigenvalue weighted by molar-refractivity contribution is 7.86. The van der Waals surface area contributed by atoms with Gasteiger partial charge in [-0.2, -0.15) is 8.42 Å². The second-order valence-corrected chi connectivity index (χ2v) is 6.23. The van der Waals surface area contributed by atoms with Crippen LogP contribution in [0.3, 0.4) is 0 Å². The average molecular weight is 285 g/mol. The van der Waals surface area contributed by atoms with Crippen LogP contribution < -0.4 is 0 Å². The van der Waals surface area contributed by atoms with Gasteiger partial charge in [0.05, 0.1) is 11.0 Å². The Morgan fingerprint density at radius 3 is 2.16 bits per heavy atom. The first-order valence-electron chi connectivity index (χ1n) is 6.61. The lowest BCUT2D eigenvalue weighted by Gasteiger charge is -2.22. The summed E-state index contributed by atoms with van der Waals surface area (Å²) in [6.07, 6.45) is -0.355. The molecule has 1 aromatic carbocycles. The fourth-order valence-electron chi connectivity index (χ4n) is 1.85. The second kappa shape index (κ2) is 7.03. The molecule has 0 radical (unpaired) electrons. The first-order valence-corrected chi connectivity index (χ1v) is 8.02. The monoisotopic (exact) mass is 285 g/mol. The lowest BCUT2D eigenvalue weighted by molar-refractivity contribution is 0.159.